The van der Waals surface area contributed by atoms with Crippen molar-refractivity contribution in [1.29, 1.82) is 0 Å². The first-order valence-corrected chi connectivity index (χ1v) is 6.63. The maximum Gasteiger partial charge on any atom is 0.221 e. The zero-order valence-electron chi connectivity index (χ0n) is 11.3. The summed E-state index contributed by atoms with van der Waals surface area (Å²) in [6, 6.07) is 8.93. The number of hydrogen-bond acceptors (Lipinski definition) is 4. The Morgan fingerprint density at radius 3 is 2.95 bits per heavy atom. The molecule has 1 aliphatic heterocycles. The van der Waals surface area contributed by atoms with Gasteiger partial charge in [-0.05, 0) is 38.3 Å². The molecule has 2 aromatic rings. The van der Waals surface area contributed by atoms with Gasteiger partial charge in [0.15, 0.2) is 0 Å². The van der Waals surface area contributed by atoms with Gasteiger partial charge in [-0.25, -0.2) is 4.98 Å². The summed E-state index contributed by atoms with van der Waals surface area (Å²) >= 11 is 0. The van der Waals surface area contributed by atoms with Gasteiger partial charge in [0.05, 0.1) is 0 Å². The molecule has 0 spiro atoms. The number of rotatable bonds is 1. The zero-order valence-corrected chi connectivity index (χ0v) is 11.3. The number of hydrogen-bond donors (Lipinski definition) is 1. The fourth-order valence-electron chi connectivity index (χ4n) is 2.70. The standard InChI is InChI=1S/C15H18N4/c1-10-9-17-15(16)18-14(10)19-11(2)7-8-12-5-3-4-6-13(12)19/h3-6,9,11H,7-8H2,1-2H3,(H2,16,17,18). The second-order valence-corrected chi connectivity index (χ2v) is 5.12. The molecule has 98 valence electrons. The van der Waals surface area contributed by atoms with Crippen LogP contribution in [-0.2, 0) is 6.42 Å². The number of aromatic nitrogens is 2. The number of nitrogens with zero attached hydrogens (tertiary/aromatic N) is 3. The van der Waals surface area contributed by atoms with Crippen LogP contribution >= 0.6 is 0 Å². The summed E-state index contributed by atoms with van der Waals surface area (Å²) in [5, 5.41) is 0. The molecule has 3 rings (SSSR count). The van der Waals surface area contributed by atoms with Crippen LogP contribution in [0.5, 0.6) is 0 Å². The lowest BCUT2D eigenvalue weighted by molar-refractivity contribution is 0.612. The molecule has 0 saturated carbocycles. The van der Waals surface area contributed by atoms with Crippen LogP contribution < -0.4 is 10.6 Å². The van der Waals surface area contributed by atoms with Gasteiger partial charge in [-0.1, -0.05) is 18.2 Å². The highest BCUT2D eigenvalue weighted by atomic mass is 15.2. The van der Waals surface area contributed by atoms with E-state index < -0.39 is 0 Å². The first-order chi connectivity index (χ1) is 9.16. The summed E-state index contributed by atoms with van der Waals surface area (Å²) in [6.07, 6.45) is 4.04. The minimum atomic E-state index is 0.329. The van der Waals surface area contributed by atoms with E-state index in [0.717, 1.165) is 24.2 Å². The molecule has 1 unspecified atom stereocenters. The van der Waals surface area contributed by atoms with Crippen molar-refractivity contribution in [2.24, 2.45) is 0 Å². The summed E-state index contributed by atoms with van der Waals surface area (Å²) in [6.45, 7) is 4.26. The molecule has 1 aromatic carbocycles. The van der Waals surface area contributed by atoms with Crippen molar-refractivity contribution in [3.8, 4) is 0 Å². The van der Waals surface area contributed by atoms with Gasteiger partial charge in [-0.3, -0.25) is 0 Å². The van der Waals surface area contributed by atoms with Crippen LogP contribution in [0.1, 0.15) is 24.5 Å². The average Bonchev–Trinajstić information content (AvgIpc) is 2.42. The third-order valence-electron chi connectivity index (χ3n) is 3.72. The van der Waals surface area contributed by atoms with Crippen molar-refractivity contribution in [2.45, 2.75) is 32.7 Å². The number of para-hydroxylation sites is 1. The van der Waals surface area contributed by atoms with Crippen molar-refractivity contribution in [3.63, 3.8) is 0 Å². The fraction of sp³-hybridized carbons (Fsp3) is 0.333. The van der Waals surface area contributed by atoms with E-state index in [1.165, 1.54) is 11.3 Å². The normalized spacial score (nSPS) is 18.2. The monoisotopic (exact) mass is 254 g/mol. The van der Waals surface area contributed by atoms with Gasteiger partial charge in [-0.2, -0.15) is 4.98 Å². The molecule has 0 amide bonds. The predicted octanol–water partition coefficient (Wildman–Crippen LogP) is 2.84. The van der Waals surface area contributed by atoms with Crippen molar-refractivity contribution in [2.75, 3.05) is 10.6 Å². The summed E-state index contributed by atoms with van der Waals surface area (Å²) in [5.74, 6) is 1.25. The van der Waals surface area contributed by atoms with Crippen LogP contribution in [0.15, 0.2) is 30.5 Å². The highest BCUT2D eigenvalue weighted by Crippen LogP contribution is 2.36. The van der Waals surface area contributed by atoms with Crippen molar-refractivity contribution < 1.29 is 0 Å². The summed E-state index contributed by atoms with van der Waals surface area (Å²) < 4.78 is 0. The lowest BCUT2D eigenvalue weighted by Gasteiger charge is -2.36. The van der Waals surface area contributed by atoms with E-state index in [0.29, 0.717) is 12.0 Å². The number of nitrogens with two attached hydrogens (primary N) is 1. The highest BCUT2D eigenvalue weighted by molar-refractivity contribution is 5.68. The molecule has 2 N–H and O–H groups in total. The molecule has 1 aliphatic rings. The Hall–Kier alpha value is -2.10. The Bertz CT molecular complexity index is 609. The molecule has 1 aromatic heterocycles. The van der Waals surface area contributed by atoms with E-state index in [2.05, 4.69) is 46.1 Å². The molecule has 4 nitrogen and oxygen atoms in total. The Morgan fingerprint density at radius 2 is 2.11 bits per heavy atom. The van der Waals surface area contributed by atoms with Gasteiger partial charge in [0.2, 0.25) is 5.95 Å². The Balaban J connectivity index is 2.16. The Labute approximate surface area is 113 Å². The molecule has 0 aliphatic carbocycles. The SMILES string of the molecule is Cc1cnc(N)nc1N1c2ccccc2CCC1C. The minimum Gasteiger partial charge on any atom is -0.368 e. The number of nitrogen functional groups attached to an aromatic ring is 1. The van der Waals surface area contributed by atoms with Crippen molar-refractivity contribution in [3.05, 3.63) is 41.6 Å². The summed E-state index contributed by atoms with van der Waals surface area (Å²) in [5.41, 5.74) is 9.41. The van der Waals surface area contributed by atoms with Gasteiger partial charge in [-0.15, -0.1) is 0 Å². The number of benzene rings is 1. The maximum absolute atomic E-state index is 5.75. The molecule has 2 heterocycles. The third kappa shape index (κ3) is 2.03. The smallest absolute Gasteiger partial charge is 0.221 e. The number of aryl methyl sites for hydroxylation is 2. The largest absolute Gasteiger partial charge is 0.368 e. The van der Waals surface area contributed by atoms with Crippen LogP contribution in [0, 0.1) is 6.92 Å². The third-order valence-corrected chi connectivity index (χ3v) is 3.72. The first-order valence-electron chi connectivity index (χ1n) is 6.63. The van der Waals surface area contributed by atoms with Gasteiger partial charge >= 0.3 is 0 Å². The zero-order chi connectivity index (χ0) is 13.4. The molecule has 19 heavy (non-hydrogen) atoms. The maximum atomic E-state index is 5.75. The lowest BCUT2D eigenvalue weighted by atomic mass is 9.96. The van der Waals surface area contributed by atoms with Crippen LogP contribution in [0.4, 0.5) is 17.5 Å². The van der Waals surface area contributed by atoms with Gasteiger partial charge in [0.25, 0.3) is 0 Å². The second kappa shape index (κ2) is 4.53. The average molecular weight is 254 g/mol. The first kappa shape index (κ1) is 12.0. The molecule has 0 saturated heterocycles. The predicted molar refractivity (Wildman–Crippen MR) is 77.5 cm³/mol. The molecule has 0 bridgehead atoms. The minimum absolute atomic E-state index is 0.329. The van der Waals surface area contributed by atoms with Gasteiger partial charge < -0.3 is 10.6 Å². The van der Waals surface area contributed by atoms with E-state index in [1.807, 2.05) is 6.92 Å². The molecular formula is C15H18N4. The summed E-state index contributed by atoms with van der Waals surface area (Å²) in [4.78, 5) is 10.8. The lowest BCUT2D eigenvalue weighted by Crippen LogP contribution is -2.34. The van der Waals surface area contributed by atoms with E-state index in [4.69, 9.17) is 5.73 Å². The number of anilines is 3. The quantitative estimate of drug-likeness (QED) is 0.850. The van der Waals surface area contributed by atoms with Crippen LogP contribution in [0.25, 0.3) is 0 Å². The molecular weight excluding hydrogens is 236 g/mol. The summed E-state index contributed by atoms with van der Waals surface area (Å²) in [7, 11) is 0. The fourth-order valence-corrected chi connectivity index (χ4v) is 2.70. The molecule has 0 fully saturated rings. The van der Waals surface area contributed by atoms with E-state index >= 15 is 0 Å². The highest BCUT2D eigenvalue weighted by Gasteiger charge is 2.26. The van der Waals surface area contributed by atoms with Crippen LogP contribution in [0.3, 0.4) is 0 Å². The molecule has 4 heteroatoms. The van der Waals surface area contributed by atoms with E-state index in [9.17, 15) is 0 Å². The van der Waals surface area contributed by atoms with Gasteiger partial charge in [0.1, 0.15) is 5.82 Å². The van der Waals surface area contributed by atoms with Gasteiger partial charge in [0, 0.05) is 23.5 Å². The Kier molecular flexibility index (Phi) is 2.85. The van der Waals surface area contributed by atoms with Crippen molar-refractivity contribution in [1.82, 2.24) is 9.97 Å². The molecule has 0 radical (unpaired) electrons. The second-order valence-electron chi connectivity index (χ2n) is 5.12. The topological polar surface area (TPSA) is 55.0 Å². The Morgan fingerprint density at radius 1 is 1.32 bits per heavy atom. The van der Waals surface area contributed by atoms with E-state index in [-0.39, 0.29) is 0 Å². The van der Waals surface area contributed by atoms with Crippen molar-refractivity contribution >= 4 is 17.5 Å². The van der Waals surface area contributed by atoms with E-state index in [1.54, 1.807) is 6.20 Å². The molecule has 1 atom stereocenters. The number of fused-ring (bicyclic) bond motifs is 1. The van der Waals surface area contributed by atoms with Crippen LogP contribution in [-0.4, -0.2) is 16.0 Å². The van der Waals surface area contributed by atoms with Crippen LogP contribution in [0.2, 0.25) is 0 Å².